The van der Waals surface area contributed by atoms with Crippen LogP contribution < -0.4 is 4.74 Å². The molecule has 1 fully saturated rings. The quantitative estimate of drug-likeness (QED) is 0.783. The fourth-order valence-electron chi connectivity index (χ4n) is 2.12. The van der Waals surface area contributed by atoms with E-state index >= 15 is 0 Å². The molecule has 1 aromatic rings. The first kappa shape index (κ1) is 13.6. The minimum absolute atomic E-state index is 0.167. The second kappa shape index (κ2) is 6.36. The van der Waals surface area contributed by atoms with Crippen molar-refractivity contribution >= 4 is 11.8 Å². The van der Waals surface area contributed by atoms with Gasteiger partial charge in [0.25, 0.3) is 0 Å². The molecule has 1 aliphatic rings. The lowest BCUT2D eigenvalue weighted by molar-refractivity contribution is -0.127. The van der Waals surface area contributed by atoms with Crippen molar-refractivity contribution in [2.24, 2.45) is 0 Å². The van der Waals surface area contributed by atoms with E-state index in [1.807, 2.05) is 0 Å². The number of carbonyl (C=O) groups is 2. The molecule has 0 bridgehead atoms. The summed E-state index contributed by atoms with van der Waals surface area (Å²) >= 11 is 0. The Morgan fingerprint density at radius 3 is 2.63 bits per heavy atom. The summed E-state index contributed by atoms with van der Waals surface area (Å²) in [5, 5.41) is 0. The maximum atomic E-state index is 11.7. The minimum Gasteiger partial charge on any atom is -0.483 e. The SMILES string of the molecule is CCOC(=O)c1ccc(OC2CCCCC2=O)cc1. The molecule has 0 aromatic heterocycles. The van der Waals surface area contributed by atoms with Gasteiger partial charge in [-0.05, 0) is 50.5 Å². The fourth-order valence-corrected chi connectivity index (χ4v) is 2.12. The van der Waals surface area contributed by atoms with Gasteiger partial charge >= 0.3 is 5.97 Å². The lowest BCUT2D eigenvalue weighted by Gasteiger charge is -2.21. The van der Waals surface area contributed by atoms with Crippen molar-refractivity contribution in [2.75, 3.05) is 6.61 Å². The molecular formula is C15H18O4. The molecule has 0 saturated heterocycles. The van der Waals surface area contributed by atoms with Crippen LogP contribution in [-0.2, 0) is 9.53 Å². The van der Waals surface area contributed by atoms with Crippen LogP contribution in [0, 0.1) is 0 Å². The van der Waals surface area contributed by atoms with Crippen LogP contribution in [0.15, 0.2) is 24.3 Å². The molecule has 0 radical (unpaired) electrons. The fraction of sp³-hybridized carbons (Fsp3) is 0.467. The summed E-state index contributed by atoms with van der Waals surface area (Å²) in [5.41, 5.74) is 0.490. The third kappa shape index (κ3) is 3.56. The van der Waals surface area contributed by atoms with Gasteiger partial charge in [-0.3, -0.25) is 4.79 Å². The van der Waals surface area contributed by atoms with E-state index in [0.29, 0.717) is 24.3 Å². The van der Waals surface area contributed by atoms with E-state index in [2.05, 4.69) is 0 Å². The number of esters is 1. The van der Waals surface area contributed by atoms with Crippen molar-refractivity contribution < 1.29 is 19.1 Å². The van der Waals surface area contributed by atoms with E-state index < -0.39 is 0 Å². The molecule has 1 saturated carbocycles. The maximum absolute atomic E-state index is 11.7. The zero-order chi connectivity index (χ0) is 13.7. The molecule has 0 amide bonds. The van der Waals surface area contributed by atoms with Gasteiger partial charge in [0.1, 0.15) is 5.75 Å². The molecule has 1 unspecified atom stereocenters. The van der Waals surface area contributed by atoms with Gasteiger partial charge in [0.15, 0.2) is 11.9 Å². The van der Waals surface area contributed by atoms with Gasteiger partial charge in [0.2, 0.25) is 0 Å². The molecule has 4 heteroatoms. The number of rotatable bonds is 4. The molecule has 102 valence electrons. The first-order chi connectivity index (χ1) is 9.20. The number of Topliss-reactive ketones (excluding diaryl/α,β-unsaturated/α-hetero) is 1. The first-order valence-corrected chi connectivity index (χ1v) is 6.67. The van der Waals surface area contributed by atoms with Crippen LogP contribution in [0.1, 0.15) is 43.0 Å². The van der Waals surface area contributed by atoms with Crippen molar-refractivity contribution in [3.05, 3.63) is 29.8 Å². The highest BCUT2D eigenvalue weighted by molar-refractivity contribution is 5.89. The lowest BCUT2D eigenvalue weighted by atomic mass is 9.96. The summed E-state index contributed by atoms with van der Waals surface area (Å²) in [6.07, 6.45) is 3.03. The van der Waals surface area contributed by atoms with Gasteiger partial charge in [-0.2, -0.15) is 0 Å². The average molecular weight is 262 g/mol. The highest BCUT2D eigenvalue weighted by atomic mass is 16.5. The highest BCUT2D eigenvalue weighted by Gasteiger charge is 2.23. The Kier molecular flexibility index (Phi) is 4.55. The van der Waals surface area contributed by atoms with Gasteiger partial charge in [-0.25, -0.2) is 4.79 Å². The molecule has 0 N–H and O–H groups in total. The Labute approximate surface area is 112 Å². The average Bonchev–Trinajstić information content (AvgIpc) is 2.42. The number of ketones is 1. The largest absolute Gasteiger partial charge is 0.483 e. The summed E-state index contributed by atoms with van der Waals surface area (Å²) in [4.78, 5) is 23.1. The number of hydrogen-bond donors (Lipinski definition) is 0. The standard InChI is InChI=1S/C15H18O4/c1-2-18-15(17)11-7-9-12(10-8-11)19-14-6-4-3-5-13(14)16/h7-10,14H,2-6H2,1H3. The van der Waals surface area contributed by atoms with Crippen LogP contribution in [0.4, 0.5) is 0 Å². The Morgan fingerprint density at radius 1 is 1.26 bits per heavy atom. The van der Waals surface area contributed by atoms with Crippen LogP contribution in [0.3, 0.4) is 0 Å². The van der Waals surface area contributed by atoms with E-state index in [-0.39, 0.29) is 17.9 Å². The normalized spacial score (nSPS) is 19.0. The minimum atomic E-state index is -0.345. The van der Waals surface area contributed by atoms with Crippen molar-refractivity contribution in [3.8, 4) is 5.75 Å². The van der Waals surface area contributed by atoms with Crippen molar-refractivity contribution in [1.82, 2.24) is 0 Å². The predicted molar refractivity (Wildman–Crippen MR) is 70.3 cm³/mol. The molecule has 19 heavy (non-hydrogen) atoms. The van der Waals surface area contributed by atoms with Crippen LogP contribution in [0.2, 0.25) is 0 Å². The third-order valence-corrected chi connectivity index (χ3v) is 3.14. The van der Waals surface area contributed by atoms with Crippen molar-refractivity contribution in [1.29, 1.82) is 0 Å². The van der Waals surface area contributed by atoms with Gasteiger partial charge in [-0.1, -0.05) is 0 Å². The zero-order valence-electron chi connectivity index (χ0n) is 11.1. The van der Waals surface area contributed by atoms with Crippen molar-refractivity contribution in [2.45, 2.75) is 38.7 Å². The Hall–Kier alpha value is -1.84. The molecule has 0 spiro atoms. The topological polar surface area (TPSA) is 52.6 Å². The smallest absolute Gasteiger partial charge is 0.338 e. The molecule has 1 aromatic carbocycles. The molecular weight excluding hydrogens is 244 g/mol. The number of carbonyl (C=O) groups excluding carboxylic acids is 2. The molecule has 1 aliphatic carbocycles. The van der Waals surface area contributed by atoms with Gasteiger partial charge in [0, 0.05) is 6.42 Å². The molecule has 4 nitrogen and oxygen atoms in total. The maximum Gasteiger partial charge on any atom is 0.338 e. The molecule has 2 rings (SSSR count). The monoisotopic (exact) mass is 262 g/mol. The summed E-state index contributed by atoms with van der Waals surface area (Å²) < 4.78 is 10.6. The summed E-state index contributed by atoms with van der Waals surface area (Å²) in [5.74, 6) is 0.441. The summed E-state index contributed by atoms with van der Waals surface area (Å²) in [7, 11) is 0. The Bertz CT molecular complexity index is 450. The van der Waals surface area contributed by atoms with Crippen LogP contribution in [0.5, 0.6) is 5.75 Å². The van der Waals surface area contributed by atoms with E-state index in [9.17, 15) is 9.59 Å². The number of ether oxygens (including phenoxy) is 2. The molecule has 0 heterocycles. The summed E-state index contributed by atoms with van der Waals surface area (Å²) in [6, 6.07) is 6.71. The zero-order valence-corrected chi connectivity index (χ0v) is 11.1. The Balaban J connectivity index is 1.98. The Morgan fingerprint density at radius 2 is 2.00 bits per heavy atom. The van der Waals surface area contributed by atoms with E-state index in [1.165, 1.54) is 0 Å². The van der Waals surface area contributed by atoms with E-state index in [1.54, 1.807) is 31.2 Å². The van der Waals surface area contributed by atoms with Crippen LogP contribution >= 0.6 is 0 Å². The van der Waals surface area contributed by atoms with Crippen LogP contribution in [0.25, 0.3) is 0 Å². The van der Waals surface area contributed by atoms with E-state index in [4.69, 9.17) is 9.47 Å². The van der Waals surface area contributed by atoms with E-state index in [0.717, 1.165) is 19.3 Å². The highest BCUT2D eigenvalue weighted by Crippen LogP contribution is 2.21. The number of hydrogen-bond acceptors (Lipinski definition) is 4. The lowest BCUT2D eigenvalue weighted by Crippen LogP contribution is -2.30. The summed E-state index contributed by atoms with van der Waals surface area (Å²) in [6.45, 7) is 2.12. The second-order valence-corrected chi connectivity index (χ2v) is 4.56. The van der Waals surface area contributed by atoms with Gasteiger partial charge in [-0.15, -0.1) is 0 Å². The number of benzene rings is 1. The predicted octanol–water partition coefficient (Wildman–Crippen LogP) is 2.75. The van der Waals surface area contributed by atoms with Gasteiger partial charge < -0.3 is 9.47 Å². The third-order valence-electron chi connectivity index (χ3n) is 3.14. The van der Waals surface area contributed by atoms with Gasteiger partial charge in [0.05, 0.1) is 12.2 Å². The van der Waals surface area contributed by atoms with Crippen molar-refractivity contribution in [3.63, 3.8) is 0 Å². The second-order valence-electron chi connectivity index (χ2n) is 4.56. The molecule has 1 atom stereocenters. The first-order valence-electron chi connectivity index (χ1n) is 6.67. The molecule has 0 aliphatic heterocycles. The van der Waals surface area contributed by atoms with Crippen LogP contribution in [-0.4, -0.2) is 24.5 Å².